The van der Waals surface area contributed by atoms with E-state index in [1.54, 1.807) is 6.20 Å². The molecular formula is C14H18N4OS. The third-order valence-electron chi connectivity index (χ3n) is 3.62. The van der Waals surface area contributed by atoms with Gasteiger partial charge >= 0.3 is 0 Å². The Morgan fingerprint density at radius 2 is 2.45 bits per heavy atom. The van der Waals surface area contributed by atoms with Crippen LogP contribution in [0.5, 0.6) is 0 Å². The van der Waals surface area contributed by atoms with Crippen molar-refractivity contribution >= 4 is 17.2 Å². The molecule has 0 aliphatic heterocycles. The summed E-state index contributed by atoms with van der Waals surface area (Å²) in [5.41, 5.74) is 6.11. The maximum absolute atomic E-state index is 12.6. The number of hydrogen-bond donors (Lipinski definition) is 1. The molecule has 0 spiro atoms. The molecule has 106 valence electrons. The maximum atomic E-state index is 12.6. The zero-order chi connectivity index (χ0) is 14.1. The smallest absolute Gasteiger partial charge is 0.245 e. The van der Waals surface area contributed by atoms with Crippen molar-refractivity contribution in [3.05, 3.63) is 40.6 Å². The first kappa shape index (κ1) is 13.3. The first-order valence-corrected chi connectivity index (χ1v) is 7.60. The highest BCUT2D eigenvalue weighted by molar-refractivity contribution is 7.10. The molecule has 1 atom stereocenters. The minimum absolute atomic E-state index is 0.00190. The fourth-order valence-electron chi connectivity index (χ4n) is 2.24. The van der Waals surface area contributed by atoms with E-state index in [1.165, 1.54) is 11.3 Å². The lowest BCUT2D eigenvalue weighted by Gasteiger charge is -2.25. The molecule has 5 nitrogen and oxygen atoms in total. The number of carbonyl (C=O) groups is 1. The van der Waals surface area contributed by atoms with Gasteiger partial charge in [0.25, 0.3) is 0 Å². The van der Waals surface area contributed by atoms with E-state index in [0.717, 1.165) is 23.5 Å². The lowest BCUT2D eigenvalue weighted by atomic mass is 10.2. The number of aromatic nitrogens is 2. The zero-order valence-corrected chi connectivity index (χ0v) is 12.2. The van der Waals surface area contributed by atoms with Crippen LogP contribution in [0.4, 0.5) is 0 Å². The van der Waals surface area contributed by atoms with Crippen molar-refractivity contribution in [3.63, 3.8) is 0 Å². The van der Waals surface area contributed by atoms with E-state index in [1.807, 2.05) is 40.2 Å². The summed E-state index contributed by atoms with van der Waals surface area (Å²) in [4.78, 5) is 19.7. The van der Waals surface area contributed by atoms with Gasteiger partial charge < -0.3 is 15.2 Å². The largest absolute Gasteiger partial charge is 0.337 e. The maximum Gasteiger partial charge on any atom is 0.245 e. The van der Waals surface area contributed by atoms with Gasteiger partial charge in [0.1, 0.15) is 11.9 Å². The van der Waals surface area contributed by atoms with Crippen LogP contribution in [0.3, 0.4) is 0 Å². The van der Waals surface area contributed by atoms with E-state index in [0.29, 0.717) is 12.6 Å². The van der Waals surface area contributed by atoms with Crippen molar-refractivity contribution in [3.8, 4) is 0 Å². The highest BCUT2D eigenvalue weighted by Gasteiger charge is 2.36. The minimum atomic E-state index is -0.559. The summed E-state index contributed by atoms with van der Waals surface area (Å²) in [5.74, 6) is 0.890. The Hall–Kier alpha value is -1.66. The predicted octanol–water partition coefficient (Wildman–Crippen LogP) is 1.67. The molecule has 0 saturated heterocycles. The lowest BCUT2D eigenvalue weighted by Crippen LogP contribution is -2.39. The number of amides is 1. The molecule has 2 aromatic heterocycles. The number of carbonyl (C=O) groups excluding carboxylic acids is 1. The second-order valence-corrected chi connectivity index (χ2v) is 6.12. The molecule has 0 bridgehead atoms. The molecule has 20 heavy (non-hydrogen) atoms. The molecule has 1 aliphatic rings. The van der Waals surface area contributed by atoms with Gasteiger partial charge in [-0.15, -0.1) is 11.3 Å². The highest BCUT2D eigenvalue weighted by Crippen LogP contribution is 2.31. The molecule has 1 fully saturated rings. The quantitative estimate of drug-likeness (QED) is 0.911. The molecule has 0 aromatic carbocycles. The molecule has 0 radical (unpaired) electrons. The van der Waals surface area contributed by atoms with Gasteiger partial charge in [-0.25, -0.2) is 4.98 Å². The number of hydrogen-bond acceptors (Lipinski definition) is 4. The summed E-state index contributed by atoms with van der Waals surface area (Å²) < 4.78 is 1.94. The summed E-state index contributed by atoms with van der Waals surface area (Å²) >= 11 is 1.53. The van der Waals surface area contributed by atoms with Gasteiger partial charge in [0.15, 0.2) is 0 Å². The van der Waals surface area contributed by atoms with Gasteiger partial charge in [0.05, 0.1) is 6.54 Å². The number of nitrogens with two attached hydrogens (primary N) is 1. The topological polar surface area (TPSA) is 64.2 Å². The van der Waals surface area contributed by atoms with E-state index in [4.69, 9.17) is 5.73 Å². The van der Waals surface area contributed by atoms with Crippen molar-refractivity contribution in [2.45, 2.75) is 31.5 Å². The molecule has 6 heteroatoms. The van der Waals surface area contributed by atoms with Crippen LogP contribution in [0.25, 0.3) is 0 Å². The van der Waals surface area contributed by atoms with E-state index >= 15 is 0 Å². The second-order valence-electron chi connectivity index (χ2n) is 5.14. The fourth-order valence-corrected chi connectivity index (χ4v) is 2.96. The number of aryl methyl sites for hydroxylation is 1. The van der Waals surface area contributed by atoms with Crippen molar-refractivity contribution < 1.29 is 4.79 Å². The van der Waals surface area contributed by atoms with Crippen molar-refractivity contribution in [2.75, 3.05) is 0 Å². The summed E-state index contributed by atoms with van der Waals surface area (Å²) in [7, 11) is 1.94. The van der Waals surface area contributed by atoms with Gasteiger partial charge in [-0.05, 0) is 24.3 Å². The third kappa shape index (κ3) is 2.62. The number of nitrogens with zero attached hydrogens (tertiary/aromatic N) is 3. The summed E-state index contributed by atoms with van der Waals surface area (Å²) in [6, 6.07) is 3.60. The van der Waals surface area contributed by atoms with E-state index < -0.39 is 6.04 Å². The fraction of sp³-hybridized carbons (Fsp3) is 0.429. The number of rotatable bonds is 5. The Morgan fingerprint density at radius 3 is 3.00 bits per heavy atom. The molecule has 2 heterocycles. The van der Waals surface area contributed by atoms with Crippen molar-refractivity contribution in [2.24, 2.45) is 12.8 Å². The van der Waals surface area contributed by atoms with Crippen molar-refractivity contribution in [1.29, 1.82) is 0 Å². The average molecular weight is 290 g/mol. The van der Waals surface area contributed by atoms with Crippen LogP contribution in [-0.4, -0.2) is 26.4 Å². The molecule has 3 rings (SSSR count). The standard InChI is InChI=1S/C14H18N4OS/c1-17-7-6-16-12(17)9-18(10-4-5-10)14(19)13(15)11-3-2-8-20-11/h2-3,6-8,10,13H,4-5,9,15H2,1H3. The SMILES string of the molecule is Cn1ccnc1CN(C(=O)C(N)c1cccs1)C1CC1. The van der Waals surface area contributed by atoms with Gasteiger partial charge in [0.2, 0.25) is 5.91 Å². The van der Waals surface area contributed by atoms with Gasteiger partial charge in [-0.1, -0.05) is 6.07 Å². The summed E-state index contributed by atoms with van der Waals surface area (Å²) in [6.07, 6.45) is 5.77. The molecule has 1 amide bonds. The number of imidazole rings is 1. The Balaban J connectivity index is 1.77. The second kappa shape index (κ2) is 5.38. The van der Waals surface area contributed by atoms with Crippen molar-refractivity contribution in [1.82, 2.24) is 14.5 Å². The average Bonchev–Trinajstić information content (AvgIpc) is 2.98. The Bertz CT molecular complexity index is 588. The van der Waals surface area contributed by atoms with Gasteiger partial charge in [-0.2, -0.15) is 0 Å². The summed E-state index contributed by atoms with van der Waals surface area (Å²) in [6.45, 7) is 0.534. The van der Waals surface area contributed by atoms with Crippen LogP contribution in [-0.2, 0) is 18.4 Å². The zero-order valence-electron chi connectivity index (χ0n) is 11.4. The Kier molecular flexibility index (Phi) is 3.58. The summed E-state index contributed by atoms with van der Waals surface area (Å²) in [5, 5.41) is 1.95. The van der Waals surface area contributed by atoms with E-state index in [2.05, 4.69) is 4.98 Å². The highest BCUT2D eigenvalue weighted by atomic mass is 32.1. The monoisotopic (exact) mass is 290 g/mol. The van der Waals surface area contributed by atoms with Crippen LogP contribution in [0.1, 0.15) is 29.6 Å². The molecule has 1 saturated carbocycles. The first-order valence-electron chi connectivity index (χ1n) is 6.72. The Morgan fingerprint density at radius 1 is 1.65 bits per heavy atom. The van der Waals surface area contributed by atoms with Crippen LogP contribution >= 0.6 is 11.3 Å². The molecule has 1 aliphatic carbocycles. The third-order valence-corrected chi connectivity index (χ3v) is 4.57. The molecule has 1 unspecified atom stereocenters. The van der Waals surface area contributed by atoms with Crippen LogP contribution < -0.4 is 5.73 Å². The molecule has 2 N–H and O–H groups in total. The Labute approximate surface area is 122 Å². The lowest BCUT2D eigenvalue weighted by molar-refractivity contribution is -0.134. The first-order chi connectivity index (χ1) is 9.66. The van der Waals surface area contributed by atoms with Gasteiger partial charge in [0, 0.05) is 30.4 Å². The molecular weight excluding hydrogens is 272 g/mol. The normalized spacial score (nSPS) is 16.1. The predicted molar refractivity (Wildman–Crippen MR) is 78.0 cm³/mol. The van der Waals surface area contributed by atoms with Gasteiger partial charge in [-0.3, -0.25) is 4.79 Å². The number of thiophene rings is 1. The van der Waals surface area contributed by atoms with Crippen LogP contribution in [0.2, 0.25) is 0 Å². The van der Waals surface area contributed by atoms with E-state index in [9.17, 15) is 4.79 Å². The molecule has 2 aromatic rings. The van der Waals surface area contributed by atoms with Crippen LogP contribution in [0.15, 0.2) is 29.9 Å². The minimum Gasteiger partial charge on any atom is -0.337 e. The van der Waals surface area contributed by atoms with E-state index in [-0.39, 0.29) is 5.91 Å². The van der Waals surface area contributed by atoms with Crippen LogP contribution in [0, 0.1) is 0 Å².